The van der Waals surface area contributed by atoms with Crippen molar-refractivity contribution in [1.29, 1.82) is 0 Å². The molecule has 0 radical (unpaired) electrons. The second-order valence-corrected chi connectivity index (χ2v) is 5.42. The van der Waals surface area contributed by atoms with Gasteiger partial charge in [0.1, 0.15) is 5.75 Å². The molecule has 1 heterocycles. The van der Waals surface area contributed by atoms with Gasteiger partial charge in [0.25, 0.3) is 5.91 Å². The predicted octanol–water partition coefficient (Wildman–Crippen LogP) is 4.13. The van der Waals surface area contributed by atoms with Crippen molar-refractivity contribution in [2.75, 3.05) is 11.9 Å². The number of carbonyl (C=O) groups excluding carboxylic acids is 1. The molecule has 1 aromatic heterocycles. The van der Waals surface area contributed by atoms with Crippen LogP contribution in [0, 0.1) is 0 Å². The highest BCUT2D eigenvalue weighted by atomic mass is 35.5. The van der Waals surface area contributed by atoms with E-state index in [0.717, 1.165) is 17.3 Å². The number of hydrogen-bond donors (Lipinski definition) is 1. The second kappa shape index (κ2) is 7.12. The Labute approximate surface area is 141 Å². The van der Waals surface area contributed by atoms with E-state index in [1.165, 1.54) is 19.2 Å². The summed E-state index contributed by atoms with van der Waals surface area (Å²) in [6.07, 6.45) is -2.90. The summed E-state index contributed by atoms with van der Waals surface area (Å²) in [5.41, 5.74) is -1.55. The Hall–Kier alpha value is -2.22. The molecule has 0 saturated carbocycles. The van der Waals surface area contributed by atoms with Crippen LogP contribution in [0.4, 0.5) is 18.9 Å². The summed E-state index contributed by atoms with van der Waals surface area (Å²) in [5, 5.41) is 5.92. The topological polar surface area (TPSA) is 56.1 Å². The van der Waals surface area contributed by atoms with Crippen LogP contribution in [0.25, 0.3) is 0 Å². The quantitative estimate of drug-likeness (QED) is 0.871. The largest absolute Gasteiger partial charge is 0.492 e. The molecule has 24 heavy (non-hydrogen) atoms. The minimum atomic E-state index is -4.72. The lowest BCUT2D eigenvalue weighted by Gasteiger charge is -2.10. The molecule has 1 aromatic carbocycles. The lowest BCUT2D eigenvalue weighted by atomic mass is 10.2. The van der Waals surface area contributed by atoms with Crippen LogP contribution in [0.15, 0.2) is 24.4 Å². The number of aromatic nitrogens is 2. The smallest absolute Gasteiger partial charge is 0.435 e. The van der Waals surface area contributed by atoms with Gasteiger partial charge in [0.05, 0.1) is 17.2 Å². The van der Waals surface area contributed by atoms with Crippen molar-refractivity contribution in [3.8, 4) is 5.75 Å². The molecule has 1 N–H and O–H groups in total. The van der Waals surface area contributed by atoms with Crippen LogP contribution >= 0.6 is 11.6 Å². The summed E-state index contributed by atoms with van der Waals surface area (Å²) in [5.74, 6) is -0.484. The Bertz CT molecular complexity index is 744. The minimum absolute atomic E-state index is 0.253. The molecule has 5 nitrogen and oxygen atoms in total. The first-order chi connectivity index (χ1) is 11.2. The van der Waals surface area contributed by atoms with Crippen LogP contribution in [-0.2, 0) is 13.2 Å². The number of carbonyl (C=O) groups is 1. The highest BCUT2D eigenvalue weighted by Gasteiger charge is 2.39. The molecule has 1 amide bonds. The van der Waals surface area contributed by atoms with Gasteiger partial charge in [-0.2, -0.15) is 18.3 Å². The molecule has 0 aliphatic rings. The van der Waals surface area contributed by atoms with E-state index >= 15 is 0 Å². The van der Waals surface area contributed by atoms with Crippen LogP contribution in [0.1, 0.15) is 29.4 Å². The zero-order chi connectivity index (χ0) is 17.9. The maximum atomic E-state index is 12.9. The first kappa shape index (κ1) is 18.1. The standard InChI is InChI=1S/C15H15ClF3N3O2/c1-3-6-24-12-5-4-9(7-11(12)16)20-14(23)10-8-22(2)21-13(10)15(17,18)19/h4-5,7-8H,3,6H2,1-2H3,(H,20,23). The van der Waals surface area contributed by atoms with Gasteiger partial charge in [-0.05, 0) is 24.6 Å². The summed E-state index contributed by atoms with van der Waals surface area (Å²) >= 11 is 6.03. The van der Waals surface area contributed by atoms with Crippen LogP contribution in [-0.4, -0.2) is 22.3 Å². The number of nitrogens with one attached hydrogen (secondary N) is 1. The fraction of sp³-hybridized carbons (Fsp3) is 0.333. The predicted molar refractivity (Wildman–Crippen MR) is 83.4 cm³/mol. The van der Waals surface area contributed by atoms with Gasteiger partial charge in [0.2, 0.25) is 0 Å². The number of hydrogen-bond acceptors (Lipinski definition) is 3. The van der Waals surface area contributed by atoms with Crippen molar-refractivity contribution in [2.45, 2.75) is 19.5 Å². The van der Waals surface area contributed by atoms with Crippen molar-refractivity contribution < 1.29 is 22.7 Å². The van der Waals surface area contributed by atoms with Crippen molar-refractivity contribution in [3.05, 3.63) is 40.7 Å². The number of halogens is 4. The number of anilines is 1. The summed E-state index contributed by atoms with van der Waals surface area (Å²) in [6, 6.07) is 4.45. The third kappa shape index (κ3) is 4.19. The third-order valence-electron chi connectivity index (χ3n) is 2.99. The van der Waals surface area contributed by atoms with Gasteiger partial charge in [-0.15, -0.1) is 0 Å². The highest BCUT2D eigenvalue weighted by molar-refractivity contribution is 6.32. The molecular weight excluding hydrogens is 347 g/mol. The van der Waals surface area contributed by atoms with Crippen molar-refractivity contribution in [1.82, 2.24) is 9.78 Å². The molecule has 2 rings (SSSR count). The van der Waals surface area contributed by atoms with Crippen molar-refractivity contribution >= 4 is 23.2 Å². The summed E-state index contributed by atoms with van der Waals surface area (Å²) in [7, 11) is 1.31. The molecule has 9 heteroatoms. The molecule has 0 atom stereocenters. The highest BCUT2D eigenvalue weighted by Crippen LogP contribution is 2.32. The summed E-state index contributed by atoms with van der Waals surface area (Å²) < 4.78 is 45.0. The van der Waals surface area contributed by atoms with Gasteiger partial charge in [-0.1, -0.05) is 18.5 Å². The van der Waals surface area contributed by atoms with E-state index in [9.17, 15) is 18.0 Å². The molecule has 0 spiro atoms. The Kier molecular flexibility index (Phi) is 5.38. The van der Waals surface area contributed by atoms with Gasteiger partial charge in [-0.25, -0.2) is 0 Å². The Morgan fingerprint density at radius 3 is 2.71 bits per heavy atom. The molecule has 0 saturated heterocycles. The second-order valence-electron chi connectivity index (χ2n) is 5.01. The van der Waals surface area contributed by atoms with Gasteiger partial charge >= 0.3 is 6.18 Å². The number of alkyl halides is 3. The SMILES string of the molecule is CCCOc1ccc(NC(=O)c2cn(C)nc2C(F)(F)F)cc1Cl. The average molecular weight is 362 g/mol. The van der Waals surface area contributed by atoms with Gasteiger partial charge in [0.15, 0.2) is 5.69 Å². The number of amides is 1. The average Bonchev–Trinajstić information content (AvgIpc) is 2.89. The Morgan fingerprint density at radius 1 is 1.42 bits per heavy atom. The molecular formula is C15H15ClF3N3O2. The summed E-state index contributed by atoms with van der Waals surface area (Å²) in [4.78, 5) is 12.1. The van der Waals surface area contributed by atoms with E-state index in [4.69, 9.17) is 16.3 Å². The number of nitrogens with zero attached hydrogens (tertiary/aromatic N) is 2. The molecule has 130 valence electrons. The number of aryl methyl sites for hydroxylation is 1. The maximum absolute atomic E-state index is 12.9. The lowest BCUT2D eigenvalue weighted by molar-refractivity contribution is -0.141. The number of ether oxygens (including phenoxy) is 1. The van der Waals surface area contributed by atoms with E-state index in [1.807, 2.05) is 6.92 Å². The van der Waals surface area contributed by atoms with Crippen LogP contribution in [0.3, 0.4) is 0 Å². The Morgan fingerprint density at radius 2 is 2.12 bits per heavy atom. The van der Waals surface area contributed by atoms with Crippen LogP contribution in [0.2, 0.25) is 5.02 Å². The molecule has 0 fully saturated rings. The summed E-state index contributed by atoms with van der Waals surface area (Å²) in [6.45, 7) is 2.42. The number of benzene rings is 1. The Balaban J connectivity index is 2.20. The van der Waals surface area contributed by atoms with E-state index in [-0.39, 0.29) is 10.7 Å². The van der Waals surface area contributed by atoms with Crippen LogP contribution < -0.4 is 10.1 Å². The van der Waals surface area contributed by atoms with Crippen molar-refractivity contribution in [2.24, 2.45) is 7.05 Å². The molecule has 0 bridgehead atoms. The first-order valence-corrected chi connectivity index (χ1v) is 7.44. The van der Waals surface area contributed by atoms with Crippen LogP contribution in [0.5, 0.6) is 5.75 Å². The van der Waals surface area contributed by atoms with E-state index < -0.39 is 23.3 Å². The monoisotopic (exact) mass is 361 g/mol. The maximum Gasteiger partial charge on any atom is 0.435 e. The zero-order valence-electron chi connectivity index (χ0n) is 12.9. The molecule has 2 aromatic rings. The minimum Gasteiger partial charge on any atom is -0.492 e. The fourth-order valence-electron chi connectivity index (χ4n) is 1.97. The number of rotatable bonds is 5. The van der Waals surface area contributed by atoms with E-state index in [2.05, 4.69) is 10.4 Å². The molecule has 0 unspecified atom stereocenters. The third-order valence-corrected chi connectivity index (χ3v) is 3.29. The van der Waals surface area contributed by atoms with Crippen molar-refractivity contribution in [3.63, 3.8) is 0 Å². The van der Waals surface area contributed by atoms with Gasteiger partial charge < -0.3 is 10.1 Å². The van der Waals surface area contributed by atoms with E-state index in [0.29, 0.717) is 12.4 Å². The zero-order valence-corrected chi connectivity index (χ0v) is 13.7. The molecule has 0 aliphatic carbocycles. The van der Waals surface area contributed by atoms with Gasteiger partial charge in [-0.3, -0.25) is 9.48 Å². The first-order valence-electron chi connectivity index (χ1n) is 7.07. The van der Waals surface area contributed by atoms with Gasteiger partial charge in [0, 0.05) is 18.9 Å². The molecule has 0 aliphatic heterocycles. The normalized spacial score (nSPS) is 11.4. The lowest BCUT2D eigenvalue weighted by Crippen LogP contribution is -2.17. The van der Waals surface area contributed by atoms with E-state index in [1.54, 1.807) is 6.07 Å². The fourth-order valence-corrected chi connectivity index (χ4v) is 2.21.